The summed E-state index contributed by atoms with van der Waals surface area (Å²) in [6.45, 7) is 24.0. The second-order valence-corrected chi connectivity index (χ2v) is 0.495. The van der Waals surface area contributed by atoms with Gasteiger partial charge < -0.3 is 23.4 Å². The highest BCUT2D eigenvalue weighted by atomic mass is 19.5. The summed E-state index contributed by atoms with van der Waals surface area (Å²) in [4.78, 5) is 0. The van der Waals surface area contributed by atoms with Crippen LogP contribution >= 0.6 is 0 Å². The van der Waals surface area contributed by atoms with Gasteiger partial charge in [-0.25, -0.2) is 0 Å². The first-order chi connectivity index (χ1) is 6.00. The molecule has 88 valence electrons. The Labute approximate surface area is 84.2 Å². The van der Waals surface area contributed by atoms with Crippen LogP contribution in [0.1, 0.15) is 0 Å². The Balaban J connectivity index is -0.0000000156. The summed E-state index contributed by atoms with van der Waals surface area (Å²) in [6, 6.07) is 0. The highest BCUT2D eigenvalue weighted by Gasteiger charge is 2.20. The summed E-state index contributed by atoms with van der Waals surface area (Å²) in [5, 5.41) is 0. The minimum absolute atomic E-state index is 0. The molecule has 0 aliphatic rings. The van der Waals surface area contributed by atoms with Gasteiger partial charge in [0.2, 0.25) is 0 Å². The molecule has 0 aromatic rings. The van der Waals surface area contributed by atoms with Crippen molar-refractivity contribution in [2.45, 2.75) is 0 Å². The summed E-state index contributed by atoms with van der Waals surface area (Å²) in [5.41, 5.74) is 0. The molecule has 14 heavy (non-hydrogen) atoms. The van der Waals surface area contributed by atoms with Gasteiger partial charge in [-0.15, -0.1) is 52.6 Å². The molecule has 0 aliphatic carbocycles. The largest absolute Gasteiger partial charge is 0.673 e. The number of hydrogen-bond acceptors (Lipinski definition) is 0. The number of hydrogen-bond donors (Lipinski definition) is 1. The van der Waals surface area contributed by atoms with E-state index in [9.17, 15) is 17.3 Å². The van der Waals surface area contributed by atoms with Crippen LogP contribution in [0.2, 0.25) is 0 Å². The lowest BCUT2D eigenvalue weighted by Crippen LogP contribution is -2.02. The Kier molecular flexibility index (Phi) is 168. The monoisotopic (exact) mass is 217 g/mol. The molecule has 0 aromatic heterocycles. The van der Waals surface area contributed by atoms with Gasteiger partial charge in [-0.3, -0.25) is 0 Å². The molecule has 0 radical (unpaired) electrons. The molecule has 0 bridgehead atoms. The number of halogens is 4. The lowest BCUT2D eigenvalue weighted by atomic mass is 10.3. The summed E-state index contributed by atoms with van der Waals surface area (Å²) in [5.74, 6) is 0. The molecular weight excluding hydrogens is 197 g/mol. The number of rotatable bonds is 0. The normalized spacial score (nSPS) is 5.43. The summed E-state index contributed by atoms with van der Waals surface area (Å²) in [7, 11) is -6.00. The van der Waals surface area contributed by atoms with Crippen molar-refractivity contribution in [3.63, 3.8) is 0 Å². The molecule has 6 heteroatoms. The van der Waals surface area contributed by atoms with Crippen LogP contribution in [-0.4, -0.2) is 7.25 Å². The highest BCUT2D eigenvalue weighted by Crippen LogP contribution is 2.06. The van der Waals surface area contributed by atoms with Crippen LogP contribution in [0.3, 0.4) is 0 Å². The van der Waals surface area contributed by atoms with Crippen molar-refractivity contribution in [1.82, 2.24) is 6.15 Å². The van der Waals surface area contributed by atoms with E-state index in [2.05, 4.69) is 52.6 Å². The van der Waals surface area contributed by atoms with E-state index in [0.717, 1.165) is 0 Å². The highest BCUT2D eigenvalue weighted by molar-refractivity contribution is 6.50. The molecule has 0 saturated heterocycles. The van der Waals surface area contributed by atoms with Crippen molar-refractivity contribution in [3.8, 4) is 0 Å². The van der Waals surface area contributed by atoms with Crippen molar-refractivity contribution >= 4 is 7.25 Å². The lowest BCUT2D eigenvalue weighted by Gasteiger charge is -1.94. The average molecular weight is 217 g/mol. The number of quaternary nitrogens is 1. The van der Waals surface area contributed by atoms with Gasteiger partial charge in [-0.05, 0) is 0 Å². The first-order valence-corrected chi connectivity index (χ1v) is 2.87. The zero-order valence-electron chi connectivity index (χ0n) is 8.75. The maximum Gasteiger partial charge on any atom is 0.673 e. The third-order valence-electron chi connectivity index (χ3n) is 0. The SMILES string of the molecule is C=C.C=C.C=C.C=C.F[B-](F)(F)F.[NH4+]. The fraction of sp³-hybridized carbons (Fsp3) is 0. The van der Waals surface area contributed by atoms with E-state index in [1.54, 1.807) is 0 Å². The van der Waals surface area contributed by atoms with Crippen LogP contribution < -0.4 is 6.15 Å². The Bertz CT molecular complexity index is 64.2. The fourth-order valence-corrected chi connectivity index (χ4v) is 0. The van der Waals surface area contributed by atoms with E-state index < -0.39 is 7.25 Å². The Morgan fingerprint density at radius 2 is 0.500 bits per heavy atom. The standard InChI is InChI=1S/4C2H4.BF4.H3N/c4*1-2;2-1(3,4)5;/h4*1-2H2;;1H3/q;;;;-1;/p+1. The van der Waals surface area contributed by atoms with Crippen LogP contribution in [0, 0.1) is 0 Å². The summed E-state index contributed by atoms with van der Waals surface area (Å²) >= 11 is 0. The van der Waals surface area contributed by atoms with E-state index >= 15 is 0 Å². The van der Waals surface area contributed by atoms with Gasteiger partial charge >= 0.3 is 7.25 Å². The van der Waals surface area contributed by atoms with Crippen LogP contribution in [0.25, 0.3) is 0 Å². The average Bonchev–Trinajstić information content (AvgIpc) is 2.14. The Hall–Kier alpha value is -1.30. The molecule has 1 nitrogen and oxygen atoms in total. The predicted molar refractivity (Wildman–Crippen MR) is 61.2 cm³/mol. The zero-order valence-corrected chi connectivity index (χ0v) is 8.75. The first-order valence-electron chi connectivity index (χ1n) is 2.87. The van der Waals surface area contributed by atoms with Gasteiger partial charge in [0.05, 0.1) is 0 Å². The maximum absolute atomic E-state index is 9.75. The molecule has 0 fully saturated rings. The molecule has 4 N–H and O–H groups in total. The molecule has 0 spiro atoms. The first kappa shape index (κ1) is 38.7. The fourth-order valence-electron chi connectivity index (χ4n) is 0. The van der Waals surface area contributed by atoms with Crippen molar-refractivity contribution in [2.24, 2.45) is 0 Å². The molecule has 0 aliphatic heterocycles. The second kappa shape index (κ2) is 60.6. The molecule has 0 rings (SSSR count). The van der Waals surface area contributed by atoms with Gasteiger partial charge in [0.25, 0.3) is 0 Å². The van der Waals surface area contributed by atoms with Crippen molar-refractivity contribution in [3.05, 3.63) is 52.6 Å². The van der Waals surface area contributed by atoms with Gasteiger partial charge in [-0.2, -0.15) is 0 Å². The van der Waals surface area contributed by atoms with E-state index in [1.165, 1.54) is 0 Å². The van der Waals surface area contributed by atoms with E-state index in [0.29, 0.717) is 0 Å². The Morgan fingerprint density at radius 3 is 0.500 bits per heavy atom. The van der Waals surface area contributed by atoms with Crippen LogP contribution in [-0.2, 0) is 0 Å². The molecule has 0 unspecified atom stereocenters. The van der Waals surface area contributed by atoms with Crippen LogP contribution in [0.5, 0.6) is 0 Å². The lowest BCUT2D eigenvalue weighted by molar-refractivity contribution is 0.368. The second-order valence-electron chi connectivity index (χ2n) is 0.495. The minimum Gasteiger partial charge on any atom is -0.418 e. The van der Waals surface area contributed by atoms with Crippen LogP contribution in [0.4, 0.5) is 17.3 Å². The van der Waals surface area contributed by atoms with Gasteiger partial charge in [-0.1, -0.05) is 0 Å². The van der Waals surface area contributed by atoms with E-state index in [-0.39, 0.29) is 6.15 Å². The third kappa shape index (κ3) is 601. The topological polar surface area (TPSA) is 36.5 Å². The minimum atomic E-state index is -6.00. The molecule has 0 heterocycles. The summed E-state index contributed by atoms with van der Waals surface area (Å²) < 4.78 is 39.0. The van der Waals surface area contributed by atoms with E-state index in [4.69, 9.17) is 0 Å². The maximum atomic E-state index is 9.75. The van der Waals surface area contributed by atoms with Gasteiger partial charge in [0, 0.05) is 0 Å². The summed E-state index contributed by atoms with van der Waals surface area (Å²) in [6.07, 6.45) is 0. The van der Waals surface area contributed by atoms with Crippen molar-refractivity contribution in [2.75, 3.05) is 0 Å². The zero-order chi connectivity index (χ0) is 12.5. The molecule has 0 aromatic carbocycles. The van der Waals surface area contributed by atoms with E-state index in [1.807, 2.05) is 0 Å². The molecular formula is C8H20BF4N. The quantitative estimate of drug-likeness (QED) is 0.341. The van der Waals surface area contributed by atoms with Crippen LogP contribution in [0.15, 0.2) is 52.6 Å². The third-order valence-corrected chi connectivity index (χ3v) is 0. The molecule has 0 amide bonds. The Morgan fingerprint density at radius 1 is 0.500 bits per heavy atom. The molecule has 0 saturated carbocycles. The molecule has 0 atom stereocenters. The van der Waals surface area contributed by atoms with Crippen molar-refractivity contribution in [1.29, 1.82) is 0 Å². The van der Waals surface area contributed by atoms with Gasteiger partial charge in [0.15, 0.2) is 0 Å². The smallest absolute Gasteiger partial charge is 0.418 e. The van der Waals surface area contributed by atoms with Gasteiger partial charge in [0.1, 0.15) is 0 Å². The van der Waals surface area contributed by atoms with Crippen molar-refractivity contribution < 1.29 is 17.3 Å². The predicted octanol–water partition coefficient (Wildman–Crippen LogP) is 4.89.